The minimum atomic E-state index is 0.157. The van der Waals surface area contributed by atoms with Crippen molar-refractivity contribution in [3.05, 3.63) is 42.2 Å². The topological polar surface area (TPSA) is 24.9 Å². The summed E-state index contributed by atoms with van der Waals surface area (Å²) in [4.78, 5) is 4.25. The standard InChI is InChI=1S/C10H14N2/c1-4-9(11-3)10-7-8(2)5-6-12-10/h4-7,9,11H,1H2,2-3H3. The molecule has 0 amide bonds. The van der Waals surface area contributed by atoms with Gasteiger partial charge in [0.1, 0.15) is 0 Å². The molecule has 1 aromatic rings. The second-order valence-electron chi connectivity index (χ2n) is 2.76. The Morgan fingerprint density at radius 1 is 1.67 bits per heavy atom. The molecule has 1 rings (SSSR count). The van der Waals surface area contributed by atoms with Crippen LogP contribution in [0.2, 0.25) is 0 Å². The van der Waals surface area contributed by atoms with Gasteiger partial charge in [-0.3, -0.25) is 4.98 Å². The third kappa shape index (κ3) is 1.92. The first kappa shape index (κ1) is 8.94. The third-order valence-corrected chi connectivity index (χ3v) is 1.80. The molecular formula is C10H14N2. The number of nitrogens with one attached hydrogen (secondary N) is 1. The first-order valence-electron chi connectivity index (χ1n) is 4.00. The summed E-state index contributed by atoms with van der Waals surface area (Å²) in [6, 6.07) is 4.20. The van der Waals surface area contributed by atoms with E-state index < -0.39 is 0 Å². The van der Waals surface area contributed by atoms with Crippen LogP contribution in [-0.2, 0) is 0 Å². The van der Waals surface area contributed by atoms with E-state index in [0.29, 0.717) is 0 Å². The third-order valence-electron chi connectivity index (χ3n) is 1.80. The van der Waals surface area contributed by atoms with Crippen LogP contribution in [0.25, 0.3) is 0 Å². The van der Waals surface area contributed by atoms with E-state index in [9.17, 15) is 0 Å². The normalized spacial score (nSPS) is 12.5. The lowest BCUT2D eigenvalue weighted by Gasteiger charge is -2.10. The molecule has 1 heterocycles. The zero-order chi connectivity index (χ0) is 8.97. The Kier molecular flexibility index (Phi) is 3.00. The van der Waals surface area contributed by atoms with Gasteiger partial charge < -0.3 is 5.32 Å². The molecule has 1 N–H and O–H groups in total. The van der Waals surface area contributed by atoms with Crippen LogP contribution >= 0.6 is 0 Å². The van der Waals surface area contributed by atoms with Gasteiger partial charge in [-0.05, 0) is 31.7 Å². The summed E-state index contributed by atoms with van der Waals surface area (Å²) in [5.41, 5.74) is 2.24. The fraction of sp³-hybridized carbons (Fsp3) is 0.300. The molecule has 0 aliphatic rings. The van der Waals surface area contributed by atoms with Crippen molar-refractivity contribution in [1.82, 2.24) is 10.3 Å². The van der Waals surface area contributed by atoms with Gasteiger partial charge in [0.25, 0.3) is 0 Å². The highest BCUT2D eigenvalue weighted by Crippen LogP contribution is 2.10. The van der Waals surface area contributed by atoms with E-state index in [1.54, 1.807) is 0 Å². The van der Waals surface area contributed by atoms with E-state index in [1.807, 2.05) is 25.4 Å². The van der Waals surface area contributed by atoms with Gasteiger partial charge >= 0.3 is 0 Å². The van der Waals surface area contributed by atoms with Crippen LogP contribution in [0.3, 0.4) is 0 Å². The van der Waals surface area contributed by atoms with Crippen molar-refractivity contribution in [2.24, 2.45) is 0 Å². The molecule has 0 saturated heterocycles. The van der Waals surface area contributed by atoms with Gasteiger partial charge in [0.15, 0.2) is 0 Å². The first-order chi connectivity index (χ1) is 5.77. The number of nitrogens with zero attached hydrogens (tertiary/aromatic N) is 1. The largest absolute Gasteiger partial charge is 0.309 e. The van der Waals surface area contributed by atoms with Crippen LogP contribution in [0.5, 0.6) is 0 Å². The quantitative estimate of drug-likeness (QED) is 0.686. The minimum absolute atomic E-state index is 0.157. The maximum absolute atomic E-state index is 4.25. The molecule has 2 nitrogen and oxygen atoms in total. The van der Waals surface area contributed by atoms with Crippen molar-refractivity contribution >= 4 is 0 Å². The number of pyridine rings is 1. The molecule has 0 saturated carbocycles. The molecule has 1 aromatic heterocycles. The summed E-state index contributed by atoms with van der Waals surface area (Å²) < 4.78 is 0. The van der Waals surface area contributed by atoms with Crippen molar-refractivity contribution < 1.29 is 0 Å². The number of hydrogen-bond donors (Lipinski definition) is 1. The minimum Gasteiger partial charge on any atom is -0.309 e. The van der Waals surface area contributed by atoms with Gasteiger partial charge in [-0.2, -0.15) is 0 Å². The molecule has 0 bridgehead atoms. The summed E-state index contributed by atoms with van der Waals surface area (Å²) in [6.07, 6.45) is 3.67. The fourth-order valence-corrected chi connectivity index (χ4v) is 1.12. The zero-order valence-electron chi connectivity index (χ0n) is 7.54. The number of aromatic nitrogens is 1. The Hall–Kier alpha value is -1.15. The van der Waals surface area contributed by atoms with Gasteiger partial charge in [-0.25, -0.2) is 0 Å². The van der Waals surface area contributed by atoms with E-state index >= 15 is 0 Å². The summed E-state index contributed by atoms with van der Waals surface area (Å²) >= 11 is 0. The SMILES string of the molecule is C=CC(NC)c1cc(C)ccn1. The first-order valence-corrected chi connectivity index (χ1v) is 4.00. The van der Waals surface area contributed by atoms with Gasteiger partial charge in [0.05, 0.1) is 11.7 Å². The van der Waals surface area contributed by atoms with E-state index in [1.165, 1.54) is 5.56 Å². The molecule has 1 unspecified atom stereocenters. The lowest BCUT2D eigenvalue weighted by molar-refractivity contribution is 0.693. The molecule has 1 atom stereocenters. The smallest absolute Gasteiger partial charge is 0.0676 e. The Labute approximate surface area is 73.3 Å². The maximum Gasteiger partial charge on any atom is 0.0676 e. The fourth-order valence-electron chi connectivity index (χ4n) is 1.12. The van der Waals surface area contributed by atoms with Gasteiger partial charge in [0, 0.05) is 6.20 Å². The predicted molar refractivity (Wildman–Crippen MR) is 51.0 cm³/mol. The van der Waals surface area contributed by atoms with Gasteiger partial charge in [0.2, 0.25) is 0 Å². The number of likely N-dealkylation sites (N-methyl/N-ethyl adjacent to an activating group) is 1. The Bertz CT molecular complexity index is 268. The van der Waals surface area contributed by atoms with Crippen LogP contribution in [0.4, 0.5) is 0 Å². The summed E-state index contributed by atoms with van der Waals surface area (Å²) in [6.45, 7) is 5.79. The van der Waals surface area contributed by atoms with E-state index in [0.717, 1.165) is 5.69 Å². The molecule has 0 spiro atoms. The lowest BCUT2D eigenvalue weighted by atomic mass is 10.1. The molecule has 0 aliphatic carbocycles. The summed E-state index contributed by atoms with van der Waals surface area (Å²) in [5, 5.41) is 3.11. The highest BCUT2D eigenvalue weighted by atomic mass is 14.9. The second-order valence-corrected chi connectivity index (χ2v) is 2.76. The molecule has 0 aliphatic heterocycles. The number of aryl methyl sites for hydroxylation is 1. The summed E-state index contributed by atoms with van der Waals surface area (Å²) in [7, 11) is 1.90. The average molecular weight is 162 g/mol. The Morgan fingerprint density at radius 2 is 2.42 bits per heavy atom. The molecule has 64 valence electrons. The van der Waals surface area contributed by atoms with E-state index in [-0.39, 0.29) is 6.04 Å². The van der Waals surface area contributed by atoms with Crippen molar-refractivity contribution in [1.29, 1.82) is 0 Å². The van der Waals surface area contributed by atoms with Crippen LogP contribution in [0.1, 0.15) is 17.3 Å². The highest BCUT2D eigenvalue weighted by molar-refractivity contribution is 5.19. The van der Waals surface area contributed by atoms with Crippen LogP contribution in [0, 0.1) is 6.92 Å². The molecule has 0 aromatic carbocycles. The van der Waals surface area contributed by atoms with E-state index in [2.05, 4.69) is 29.9 Å². The highest BCUT2D eigenvalue weighted by Gasteiger charge is 2.04. The molecule has 2 heteroatoms. The van der Waals surface area contributed by atoms with Crippen LogP contribution in [-0.4, -0.2) is 12.0 Å². The number of rotatable bonds is 3. The van der Waals surface area contributed by atoms with Crippen molar-refractivity contribution in [3.8, 4) is 0 Å². The van der Waals surface area contributed by atoms with Crippen molar-refractivity contribution in [2.75, 3.05) is 7.05 Å². The molecular weight excluding hydrogens is 148 g/mol. The van der Waals surface area contributed by atoms with Crippen molar-refractivity contribution in [3.63, 3.8) is 0 Å². The maximum atomic E-state index is 4.25. The van der Waals surface area contributed by atoms with E-state index in [4.69, 9.17) is 0 Å². The van der Waals surface area contributed by atoms with Gasteiger partial charge in [-0.1, -0.05) is 6.08 Å². The lowest BCUT2D eigenvalue weighted by Crippen LogP contribution is -2.14. The molecule has 0 radical (unpaired) electrons. The summed E-state index contributed by atoms with van der Waals surface area (Å²) in [5.74, 6) is 0. The second kappa shape index (κ2) is 4.02. The monoisotopic (exact) mass is 162 g/mol. The predicted octanol–water partition coefficient (Wildman–Crippen LogP) is 1.84. The Balaban J connectivity index is 2.93. The van der Waals surface area contributed by atoms with Crippen LogP contribution < -0.4 is 5.32 Å². The van der Waals surface area contributed by atoms with Crippen molar-refractivity contribution in [2.45, 2.75) is 13.0 Å². The molecule has 12 heavy (non-hydrogen) atoms. The number of hydrogen-bond acceptors (Lipinski definition) is 2. The zero-order valence-corrected chi connectivity index (χ0v) is 7.54. The average Bonchev–Trinajstić information content (AvgIpc) is 2.07. The van der Waals surface area contributed by atoms with Crippen LogP contribution in [0.15, 0.2) is 31.0 Å². The van der Waals surface area contributed by atoms with Gasteiger partial charge in [-0.15, -0.1) is 6.58 Å². The Morgan fingerprint density at radius 3 is 2.92 bits per heavy atom. The molecule has 0 fully saturated rings.